The summed E-state index contributed by atoms with van der Waals surface area (Å²) in [7, 11) is 0. The lowest BCUT2D eigenvalue weighted by Crippen LogP contribution is -2.33. The first-order valence-corrected chi connectivity index (χ1v) is 9.79. The Labute approximate surface area is 156 Å². The lowest BCUT2D eigenvalue weighted by Gasteiger charge is -2.27. The topological polar surface area (TPSA) is 64.1 Å². The molecule has 0 aliphatic carbocycles. The Balaban J connectivity index is 2.01. The van der Waals surface area contributed by atoms with Gasteiger partial charge in [-0.15, -0.1) is 0 Å². The van der Waals surface area contributed by atoms with Crippen molar-refractivity contribution in [1.82, 2.24) is 14.5 Å². The van der Waals surface area contributed by atoms with E-state index < -0.39 is 0 Å². The van der Waals surface area contributed by atoms with Crippen molar-refractivity contribution in [3.8, 4) is 11.3 Å². The Hall–Kier alpha value is -2.14. The number of nitrogens with zero attached hydrogens (tertiary/aromatic N) is 3. The second kappa shape index (κ2) is 8.49. The fourth-order valence-electron chi connectivity index (χ4n) is 4.11. The molecule has 140 valence electrons. The first-order valence-electron chi connectivity index (χ1n) is 9.79. The van der Waals surface area contributed by atoms with E-state index >= 15 is 0 Å². The van der Waals surface area contributed by atoms with Gasteiger partial charge in [-0.2, -0.15) is 0 Å². The van der Waals surface area contributed by atoms with Gasteiger partial charge in [0.15, 0.2) is 0 Å². The second-order valence-electron chi connectivity index (χ2n) is 7.17. The molecule has 0 unspecified atom stereocenters. The third-order valence-corrected chi connectivity index (χ3v) is 5.37. The highest BCUT2D eigenvalue weighted by atomic mass is 16.1. The predicted molar refractivity (Wildman–Crippen MR) is 105 cm³/mol. The first kappa shape index (κ1) is 18.6. The van der Waals surface area contributed by atoms with Gasteiger partial charge in [0.05, 0.1) is 11.3 Å². The number of primary amides is 1. The van der Waals surface area contributed by atoms with Gasteiger partial charge in [-0.05, 0) is 51.4 Å². The van der Waals surface area contributed by atoms with Crippen LogP contribution in [-0.2, 0) is 13.0 Å². The summed E-state index contributed by atoms with van der Waals surface area (Å²) in [6.45, 7) is 8.46. The smallest absolute Gasteiger partial charge is 0.251 e. The van der Waals surface area contributed by atoms with Crippen molar-refractivity contribution in [2.24, 2.45) is 5.73 Å². The molecule has 0 radical (unpaired) electrons. The normalized spacial score (nSPS) is 15.3. The van der Waals surface area contributed by atoms with Crippen molar-refractivity contribution in [2.75, 3.05) is 19.6 Å². The van der Waals surface area contributed by atoms with Gasteiger partial charge < -0.3 is 15.2 Å². The summed E-state index contributed by atoms with van der Waals surface area (Å²) in [5.74, 6) is -0.364. The minimum atomic E-state index is -0.364. The van der Waals surface area contributed by atoms with Crippen molar-refractivity contribution in [2.45, 2.75) is 52.5 Å². The van der Waals surface area contributed by atoms with Gasteiger partial charge in [-0.1, -0.05) is 25.8 Å². The standard InChI is InChI=1S/C21H30N4O/c1-3-9-18-20(17-10-5-6-11-23-17)19(21(22)26)16(2)25(18)15-14-24-12-7-4-8-13-24/h5-6,10-11H,3-4,7-9,12-15H2,1-2H3,(H2,22,26). The summed E-state index contributed by atoms with van der Waals surface area (Å²) in [5, 5.41) is 0. The largest absolute Gasteiger partial charge is 0.366 e. The molecule has 0 spiro atoms. The summed E-state index contributed by atoms with van der Waals surface area (Å²) >= 11 is 0. The molecule has 2 aromatic rings. The monoisotopic (exact) mass is 354 g/mol. The Morgan fingerprint density at radius 1 is 1.19 bits per heavy atom. The van der Waals surface area contributed by atoms with Gasteiger partial charge in [0.25, 0.3) is 5.91 Å². The average molecular weight is 354 g/mol. The van der Waals surface area contributed by atoms with Crippen LogP contribution in [0.3, 0.4) is 0 Å². The minimum Gasteiger partial charge on any atom is -0.366 e. The second-order valence-corrected chi connectivity index (χ2v) is 7.17. The lowest BCUT2D eigenvalue weighted by atomic mass is 10.0. The molecule has 2 N–H and O–H groups in total. The number of rotatable bonds is 7. The van der Waals surface area contributed by atoms with Crippen molar-refractivity contribution >= 4 is 5.91 Å². The molecular formula is C21H30N4O. The third-order valence-electron chi connectivity index (χ3n) is 5.37. The van der Waals surface area contributed by atoms with Crippen LogP contribution in [0.1, 0.15) is 54.4 Å². The molecule has 5 heteroatoms. The maximum Gasteiger partial charge on any atom is 0.251 e. The van der Waals surface area contributed by atoms with E-state index in [-0.39, 0.29) is 5.91 Å². The average Bonchev–Trinajstić information content (AvgIpc) is 2.94. The lowest BCUT2D eigenvalue weighted by molar-refractivity contribution is 0.1000. The van der Waals surface area contributed by atoms with Gasteiger partial charge in [0.2, 0.25) is 0 Å². The predicted octanol–water partition coefficient (Wildman–Crippen LogP) is 3.40. The molecule has 1 saturated heterocycles. The molecule has 3 heterocycles. The van der Waals surface area contributed by atoms with Gasteiger partial charge in [-0.25, -0.2) is 0 Å². The molecule has 1 aliphatic rings. The van der Waals surface area contributed by atoms with E-state index in [0.29, 0.717) is 5.56 Å². The van der Waals surface area contributed by atoms with E-state index in [4.69, 9.17) is 5.73 Å². The Morgan fingerprint density at radius 2 is 1.96 bits per heavy atom. The number of amides is 1. The van der Waals surface area contributed by atoms with Crippen LogP contribution in [0.25, 0.3) is 11.3 Å². The van der Waals surface area contributed by atoms with E-state index in [1.165, 1.54) is 38.0 Å². The molecule has 1 fully saturated rings. The summed E-state index contributed by atoms with van der Waals surface area (Å²) in [6.07, 6.45) is 7.63. The molecule has 0 atom stereocenters. The molecular weight excluding hydrogens is 324 g/mol. The fraction of sp³-hybridized carbons (Fsp3) is 0.524. The quantitative estimate of drug-likeness (QED) is 0.829. The minimum absolute atomic E-state index is 0.364. The van der Waals surface area contributed by atoms with Gasteiger partial charge in [0, 0.05) is 36.2 Å². The van der Waals surface area contributed by atoms with Crippen LogP contribution < -0.4 is 5.73 Å². The zero-order valence-electron chi connectivity index (χ0n) is 16.0. The van der Waals surface area contributed by atoms with E-state index in [1.54, 1.807) is 6.20 Å². The zero-order valence-corrected chi connectivity index (χ0v) is 16.0. The molecule has 0 saturated carbocycles. The Bertz CT molecular complexity index is 745. The molecule has 0 bridgehead atoms. The Morgan fingerprint density at radius 3 is 2.58 bits per heavy atom. The van der Waals surface area contributed by atoms with Crippen molar-refractivity contribution in [3.05, 3.63) is 41.3 Å². The first-order chi connectivity index (χ1) is 12.6. The number of nitrogens with two attached hydrogens (primary N) is 1. The molecule has 1 amide bonds. The van der Waals surface area contributed by atoms with E-state index in [2.05, 4.69) is 21.4 Å². The summed E-state index contributed by atoms with van der Waals surface area (Å²) < 4.78 is 2.31. The number of carbonyl (C=O) groups excluding carboxylic acids is 1. The summed E-state index contributed by atoms with van der Waals surface area (Å²) in [5.41, 5.74) is 10.3. The number of carbonyl (C=O) groups is 1. The maximum absolute atomic E-state index is 12.3. The highest BCUT2D eigenvalue weighted by molar-refractivity contribution is 6.01. The van der Waals surface area contributed by atoms with Crippen LogP contribution in [-0.4, -0.2) is 40.0 Å². The number of aromatic nitrogens is 2. The van der Waals surface area contributed by atoms with Crippen molar-refractivity contribution < 1.29 is 4.79 Å². The number of hydrogen-bond donors (Lipinski definition) is 1. The van der Waals surface area contributed by atoms with Crippen LogP contribution in [0.2, 0.25) is 0 Å². The maximum atomic E-state index is 12.3. The number of likely N-dealkylation sites (tertiary alicyclic amines) is 1. The van der Waals surface area contributed by atoms with Crippen molar-refractivity contribution in [1.29, 1.82) is 0 Å². The third kappa shape index (κ3) is 3.83. The van der Waals surface area contributed by atoms with Gasteiger partial charge in [0.1, 0.15) is 0 Å². The van der Waals surface area contributed by atoms with Crippen LogP contribution in [0, 0.1) is 6.92 Å². The van der Waals surface area contributed by atoms with E-state index in [1.807, 2.05) is 25.1 Å². The Kier molecular flexibility index (Phi) is 6.09. The van der Waals surface area contributed by atoms with Gasteiger partial charge in [-0.3, -0.25) is 9.78 Å². The molecule has 26 heavy (non-hydrogen) atoms. The van der Waals surface area contributed by atoms with Gasteiger partial charge >= 0.3 is 0 Å². The highest BCUT2D eigenvalue weighted by Crippen LogP contribution is 2.32. The zero-order chi connectivity index (χ0) is 18.5. The van der Waals surface area contributed by atoms with E-state index in [0.717, 1.165) is 42.9 Å². The molecule has 5 nitrogen and oxygen atoms in total. The summed E-state index contributed by atoms with van der Waals surface area (Å²) in [4.78, 5) is 19.3. The number of piperidine rings is 1. The fourth-order valence-corrected chi connectivity index (χ4v) is 4.11. The molecule has 3 rings (SSSR count). The molecule has 1 aliphatic heterocycles. The summed E-state index contributed by atoms with van der Waals surface area (Å²) in [6, 6.07) is 5.83. The van der Waals surface area contributed by atoms with E-state index in [9.17, 15) is 4.79 Å². The van der Waals surface area contributed by atoms with Crippen LogP contribution >= 0.6 is 0 Å². The van der Waals surface area contributed by atoms with Crippen LogP contribution in [0.4, 0.5) is 0 Å². The van der Waals surface area contributed by atoms with Crippen molar-refractivity contribution in [3.63, 3.8) is 0 Å². The molecule has 2 aromatic heterocycles. The highest BCUT2D eigenvalue weighted by Gasteiger charge is 2.25. The number of pyridine rings is 1. The van der Waals surface area contributed by atoms with Crippen LogP contribution in [0.15, 0.2) is 24.4 Å². The van der Waals surface area contributed by atoms with Crippen LogP contribution in [0.5, 0.6) is 0 Å². The SMILES string of the molecule is CCCc1c(-c2ccccn2)c(C(N)=O)c(C)n1CCN1CCCCC1. The molecule has 0 aromatic carbocycles. The number of hydrogen-bond acceptors (Lipinski definition) is 3.